The number of hydrogen-bond acceptors (Lipinski definition) is 0. The van der Waals surface area contributed by atoms with E-state index in [9.17, 15) is 0 Å². The molecule has 0 nitrogen and oxygen atoms in total. The molecule has 0 atom stereocenters. The van der Waals surface area contributed by atoms with Gasteiger partial charge in [0.05, 0.1) is 0 Å². The van der Waals surface area contributed by atoms with Crippen LogP contribution >= 0.6 is 0 Å². The first-order valence-corrected chi connectivity index (χ1v) is 0. The Hall–Kier alpha value is 3.27. The summed E-state index contributed by atoms with van der Waals surface area (Å²) in [6.45, 7) is 0. The maximum absolute atomic E-state index is 0. The van der Waals surface area contributed by atoms with Crippen molar-refractivity contribution in [2.75, 3.05) is 0 Å². The summed E-state index contributed by atoms with van der Waals surface area (Å²) in [5.41, 5.74) is 0. The van der Waals surface area contributed by atoms with E-state index in [1.807, 2.05) is 0 Å². The van der Waals surface area contributed by atoms with Gasteiger partial charge in [0.15, 0.2) is 0 Å². The van der Waals surface area contributed by atoms with Gasteiger partial charge in [-0.05, 0) is 0 Å². The topological polar surface area (TPSA) is 0 Å². The maximum Gasteiger partial charge on any atom is 1.00 e. The van der Waals surface area contributed by atoms with Gasteiger partial charge in [0.25, 0.3) is 0 Å². The van der Waals surface area contributed by atoms with E-state index in [1.165, 1.54) is 0 Å². The van der Waals surface area contributed by atoms with Gasteiger partial charge < -0.3 is 0 Å². The molecule has 0 aliphatic carbocycles. The molecule has 4 heavy (non-hydrogen) atoms. The van der Waals surface area contributed by atoms with Gasteiger partial charge in [-0.2, -0.15) is 0 Å². The molecule has 0 saturated heterocycles. The van der Waals surface area contributed by atoms with Crippen LogP contribution in [0.5, 0.6) is 0 Å². The van der Waals surface area contributed by atoms with E-state index in [-0.39, 0.29) is 103 Å². The Balaban J connectivity index is 0. The van der Waals surface area contributed by atoms with Crippen LogP contribution in [0.1, 0.15) is 1.43 Å². The molecule has 0 bridgehead atoms. The van der Waals surface area contributed by atoms with Crippen molar-refractivity contribution in [1.82, 2.24) is 0 Å². The van der Waals surface area contributed by atoms with Gasteiger partial charge in [0.2, 0.25) is 0 Å². The van der Waals surface area contributed by atoms with Gasteiger partial charge in [-0.15, -0.1) is 0 Å². The van der Waals surface area contributed by atoms with E-state index in [0.717, 1.165) is 0 Å². The van der Waals surface area contributed by atoms with Gasteiger partial charge in [-0.25, -0.2) is 0 Å². The molecular formula is HCeCuNiZr+. The smallest absolute Gasteiger partial charge is 0 e. The third-order valence-electron chi connectivity index (χ3n) is 0. The summed E-state index contributed by atoms with van der Waals surface area (Å²) in [5, 5.41) is 0. The predicted octanol–water partition coefficient (Wildman–Crippen LogP) is 0.105. The molecule has 0 N–H and O–H groups in total. The Morgan fingerprint density at radius 3 is 1.25 bits per heavy atom. The van der Waals surface area contributed by atoms with Gasteiger partial charge in [0, 0.05) is 102 Å². The van der Waals surface area contributed by atoms with Gasteiger partial charge in [-0.3, -0.25) is 0 Å². The van der Waals surface area contributed by atoms with Crippen molar-refractivity contribution in [3.05, 3.63) is 0 Å². The molecular weight excluding hydrogens is 354 g/mol. The molecule has 0 heterocycles. The molecule has 1 radical (unpaired) electrons. The number of rotatable bonds is 0. The van der Waals surface area contributed by atoms with Crippen molar-refractivity contribution in [2.24, 2.45) is 0 Å². The van der Waals surface area contributed by atoms with Crippen LogP contribution in [0.3, 0.4) is 0 Å². The Morgan fingerprint density at radius 2 is 1.25 bits per heavy atom. The van der Waals surface area contributed by atoms with Crippen LogP contribution in [0.25, 0.3) is 0 Å². The summed E-state index contributed by atoms with van der Waals surface area (Å²) < 4.78 is 0. The normalized spacial score (nSPS) is 0. The van der Waals surface area contributed by atoms with Crippen LogP contribution in [-0.2, 0) is 59.8 Å². The van der Waals surface area contributed by atoms with E-state index < -0.39 is 0 Å². The molecule has 0 aliphatic heterocycles. The van der Waals surface area contributed by atoms with Crippen LogP contribution in [0, 0.1) is 41.7 Å². The van der Waals surface area contributed by atoms with Gasteiger partial charge in [0.1, 0.15) is 0 Å². The SMILES string of the molecule is [Ce].[Cu].[H+].[Ni].[Zr]. The Bertz CT molecular complexity index is 11.6. The molecule has 0 rings (SSSR count). The van der Waals surface area contributed by atoms with Crippen LogP contribution in [0.15, 0.2) is 0 Å². The average molecular weight is 355 g/mol. The zero-order valence-electron chi connectivity index (χ0n) is 2.62. The Kier molecular flexibility index (Phi) is 109. The molecule has 0 saturated carbocycles. The van der Waals surface area contributed by atoms with Crippen molar-refractivity contribution < 1.29 is 103 Å². The second kappa shape index (κ2) is 16.3. The van der Waals surface area contributed by atoms with Crippen molar-refractivity contribution in [3.63, 3.8) is 0 Å². The van der Waals surface area contributed by atoms with Crippen molar-refractivity contribution >= 4 is 0 Å². The quantitative estimate of drug-likeness (QED) is 0.542. The molecule has 0 aliphatic rings. The van der Waals surface area contributed by atoms with E-state index >= 15 is 0 Å². The van der Waals surface area contributed by atoms with Crippen molar-refractivity contribution in [3.8, 4) is 0 Å². The molecule has 0 fully saturated rings. The molecule has 0 aromatic carbocycles. The summed E-state index contributed by atoms with van der Waals surface area (Å²) in [7, 11) is 0. The van der Waals surface area contributed by atoms with E-state index in [1.54, 1.807) is 0 Å². The zero-order valence-corrected chi connectivity index (χ0v) is 9.15. The van der Waals surface area contributed by atoms with E-state index in [4.69, 9.17) is 0 Å². The first-order chi connectivity index (χ1) is 0. The van der Waals surface area contributed by atoms with Crippen LogP contribution in [0.2, 0.25) is 0 Å². The minimum Gasteiger partial charge on any atom is 0 e. The first-order valence-electron chi connectivity index (χ1n) is 0. The van der Waals surface area contributed by atoms with Crippen molar-refractivity contribution in [2.45, 2.75) is 0 Å². The average Bonchev–Trinajstić information content (AvgIpc) is 0. The largest absolute Gasteiger partial charge is 1.00 e. The number of hydrogen-bond donors (Lipinski definition) is 0. The molecule has 4 heteroatoms. The Morgan fingerprint density at radius 1 is 1.25 bits per heavy atom. The fourth-order valence-electron chi connectivity index (χ4n) is 0. The summed E-state index contributed by atoms with van der Waals surface area (Å²) >= 11 is 0. The van der Waals surface area contributed by atoms with E-state index in [0.29, 0.717) is 0 Å². The third kappa shape index (κ3) is 8.99. The van der Waals surface area contributed by atoms with Crippen molar-refractivity contribution in [1.29, 1.82) is 0 Å². The minimum absolute atomic E-state index is 0. The molecule has 0 aromatic rings. The predicted molar refractivity (Wildman–Crippen MR) is 1.11 cm³/mol. The van der Waals surface area contributed by atoms with Crippen LogP contribution in [0.4, 0.5) is 0 Å². The standard InChI is InChI=1S/Ce.Cu.Ni.Zr/p+1. The Labute approximate surface area is 101 Å². The summed E-state index contributed by atoms with van der Waals surface area (Å²) in [6.07, 6.45) is 0. The fraction of sp³-hybridized carbons (Fsp3) is 0. The maximum atomic E-state index is 0. The van der Waals surface area contributed by atoms with E-state index in [2.05, 4.69) is 0 Å². The second-order valence-corrected chi connectivity index (χ2v) is 0. The minimum atomic E-state index is 0. The molecule has 0 spiro atoms. The first kappa shape index (κ1) is 26.7. The molecule has 0 aromatic heterocycles. The fourth-order valence-corrected chi connectivity index (χ4v) is 0. The third-order valence-corrected chi connectivity index (χ3v) is 0. The van der Waals surface area contributed by atoms with Gasteiger partial charge >= 0.3 is 1.43 Å². The molecule has 0 amide bonds. The zero-order chi connectivity index (χ0) is 0. The van der Waals surface area contributed by atoms with Gasteiger partial charge in [-0.1, -0.05) is 0 Å². The molecule has 29 valence electrons. The summed E-state index contributed by atoms with van der Waals surface area (Å²) in [4.78, 5) is 0. The second-order valence-electron chi connectivity index (χ2n) is 0. The van der Waals surface area contributed by atoms with Crippen LogP contribution < -0.4 is 0 Å². The monoisotopic (exact) mass is 352 g/mol. The summed E-state index contributed by atoms with van der Waals surface area (Å²) in [5.74, 6) is 0. The summed E-state index contributed by atoms with van der Waals surface area (Å²) in [6, 6.07) is 0. The molecule has 0 unspecified atom stereocenters. The van der Waals surface area contributed by atoms with Crippen LogP contribution in [-0.4, -0.2) is 0 Å².